The maximum absolute atomic E-state index is 13.4. The first kappa shape index (κ1) is 15.7. The smallest absolute Gasteiger partial charge is 0.293 e. The van der Waals surface area contributed by atoms with Crippen LogP contribution in [0.3, 0.4) is 0 Å². The fourth-order valence-electron chi connectivity index (χ4n) is 2.93. The minimum Gasteiger partial charge on any atom is -0.438 e. The molecule has 0 saturated heterocycles. The highest BCUT2D eigenvalue weighted by atomic mass is 31.2. The van der Waals surface area contributed by atoms with Gasteiger partial charge in [-0.15, -0.1) is 0 Å². The van der Waals surface area contributed by atoms with E-state index in [0.717, 1.165) is 22.3 Å². The van der Waals surface area contributed by atoms with Crippen molar-refractivity contribution in [3.63, 3.8) is 0 Å². The van der Waals surface area contributed by atoms with Crippen molar-refractivity contribution >= 4 is 18.5 Å². The maximum atomic E-state index is 13.4. The molecule has 0 saturated carbocycles. The Morgan fingerprint density at radius 1 is 0.560 bits per heavy atom. The van der Waals surface area contributed by atoms with E-state index in [-0.39, 0.29) is 0 Å². The number of benzene rings is 3. The van der Waals surface area contributed by atoms with Gasteiger partial charge in [-0.25, -0.2) is 0 Å². The fourth-order valence-corrected chi connectivity index (χ4v) is 4.86. The summed E-state index contributed by atoms with van der Waals surface area (Å²) >= 11 is 0. The Morgan fingerprint density at radius 3 is 1.40 bits per heavy atom. The van der Waals surface area contributed by atoms with Crippen LogP contribution in [-0.2, 0) is 4.57 Å². The molecule has 0 atom stereocenters. The second-order valence-corrected chi connectivity index (χ2v) is 7.86. The zero-order valence-electron chi connectivity index (χ0n) is 13.6. The van der Waals surface area contributed by atoms with Gasteiger partial charge in [-0.05, 0) is 34.4 Å². The van der Waals surface area contributed by atoms with Gasteiger partial charge >= 0.3 is 0 Å². The molecule has 3 aromatic rings. The molecule has 25 heavy (non-hydrogen) atoms. The molecular weight excluding hydrogens is 327 g/mol. The van der Waals surface area contributed by atoms with Gasteiger partial charge in [0.15, 0.2) is 0 Å². The van der Waals surface area contributed by atoms with E-state index in [1.165, 1.54) is 0 Å². The first-order valence-electron chi connectivity index (χ1n) is 8.15. The van der Waals surface area contributed by atoms with Gasteiger partial charge in [0.05, 0.1) is 0 Å². The number of hydrogen-bond donors (Lipinski definition) is 0. The van der Waals surface area contributed by atoms with Gasteiger partial charge in [0.1, 0.15) is 5.75 Å². The molecule has 0 fully saturated rings. The molecule has 3 aromatic carbocycles. The first-order valence-corrected chi connectivity index (χ1v) is 9.91. The molecule has 122 valence electrons. The molecule has 0 aliphatic carbocycles. The molecule has 0 N–H and O–H groups in total. The van der Waals surface area contributed by atoms with Crippen molar-refractivity contribution in [1.29, 1.82) is 0 Å². The predicted molar refractivity (Wildman–Crippen MR) is 104 cm³/mol. The second-order valence-electron chi connectivity index (χ2n) is 5.87. The molecule has 0 radical (unpaired) electrons. The third-order valence-corrected chi connectivity index (χ3v) is 5.80. The zero-order chi connectivity index (χ0) is 17.1. The summed E-state index contributed by atoms with van der Waals surface area (Å²) in [4.78, 5) is 0. The number of rotatable bonds is 4. The van der Waals surface area contributed by atoms with Crippen LogP contribution in [0.25, 0.3) is 11.1 Å². The molecule has 0 amide bonds. The average Bonchev–Trinajstić information content (AvgIpc) is 3.01. The Kier molecular flexibility index (Phi) is 4.13. The minimum atomic E-state index is -3.06. The second kappa shape index (κ2) is 6.58. The van der Waals surface area contributed by atoms with E-state index in [1.807, 2.05) is 91.0 Å². The summed E-state index contributed by atoms with van der Waals surface area (Å²) in [6.07, 6.45) is 0. The van der Waals surface area contributed by atoms with Crippen LogP contribution in [0, 0.1) is 0 Å². The van der Waals surface area contributed by atoms with Gasteiger partial charge in [-0.1, -0.05) is 78.9 Å². The van der Waals surface area contributed by atoms with Gasteiger partial charge in [0.25, 0.3) is 7.37 Å². The Labute approximate surface area is 147 Å². The van der Waals surface area contributed by atoms with Crippen molar-refractivity contribution in [3.05, 3.63) is 114 Å². The molecule has 4 rings (SSSR count). The topological polar surface area (TPSA) is 26.3 Å². The van der Waals surface area contributed by atoms with E-state index in [9.17, 15) is 4.57 Å². The van der Waals surface area contributed by atoms with Crippen LogP contribution in [-0.4, -0.2) is 0 Å². The normalized spacial score (nSPS) is 15.4. The quantitative estimate of drug-likeness (QED) is 0.509. The van der Waals surface area contributed by atoms with Crippen LogP contribution in [0.2, 0.25) is 0 Å². The standard InChI is InChI=1S/C22H17O2P/c23-25(24-20-14-8-3-9-15-20)16-21(18-10-4-1-5-11-18)22(17-25)19-12-6-2-7-13-19/h1-17H. The van der Waals surface area contributed by atoms with Gasteiger partial charge in [0.2, 0.25) is 0 Å². The highest BCUT2D eigenvalue weighted by Gasteiger charge is 2.30. The molecule has 1 aliphatic rings. The first-order chi connectivity index (χ1) is 12.2. The summed E-state index contributed by atoms with van der Waals surface area (Å²) in [5.74, 6) is 4.16. The lowest BCUT2D eigenvalue weighted by atomic mass is 9.95. The molecule has 0 unspecified atom stereocenters. The van der Waals surface area contributed by atoms with Crippen LogP contribution in [0.1, 0.15) is 11.1 Å². The van der Waals surface area contributed by atoms with Crippen LogP contribution in [0.5, 0.6) is 5.75 Å². The lowest BCUT2D eigenvalue weighted by molar-refractivity contribution is 0.502. The van der Waals surface area contributed by atoms with Gasteiger partial charge in [0, 0.05) is 11.6 Å². The van der Waals surface area contributed by atoms with Crippen molar-refractivity contribution < 1.29 is 9.09 Å². The van der Waals surface area contributed by atoms with Crippen LogP contribution in [0.15, 0.2) is 103 Å². The van der Waals surface area contributed by atoms with Crippen LogP contribution in [0.4, 0.5) is 0 Å². The zero-order valence-corrected chi connectivity index (χ0v) is 14.5. The van der Waals surface area contributed by atoms with E-state index in [1.54, 1.807) is 11.6 Å². The Hall–Kier alpha value is -2.83. The van der Waals surface area contributed by atoms with E-state index in [0.29, 0.717) is 5.75 Å². The largest absolute Gasteiger partial charge is 0.438 e. The molecule has 1 heterocycles. The molecule has 0 bridgehead atoms. The number of hydrogen-bond acceptors (Lipinski definition) is 2. The van der Waals surface area contributed by atoms with Gasteiger partial charge in [-0.3, -0.25) is 4.57 Å². The highest BCUT2D eigenvalue weighted by Crippen LogP contribution is 2.60. The Balaban J connectivity index is 1.80. The Morgan fingerprint density at radius 2 is 0.960 bits per heavy atom. The number of para-hydroxylation sites is 1. The van der Waals surface area contributed by atoms with Crippen molar-refractivity contribution in [2.45, 2.75) is 0 Å². The van der Waals surface area contributed by atoms with Crippen molar-refractivity contribution in [3.8, 4) is 5.75 Å². The van der Waals surface area contributed by atoms with Crippen molar-refractivity contribution in [2.24, 2.45) is 0 Å². The monoisotopic (exact) mass is 344 g/mol. The molecule has 2 nitrogen and oxygen atoms in total. The summed E-state index contributed by atoms with van der Waals surface area (Å²) in [5.41, 5.74) is 3.97. The van der Waals surface area contributed by atoms with E-state index in [2.05, 4.69) is 0 Å². The molecule has 0 aromatic heterocycles. The minimum absolute atomic E-state index is 0.611. The maximum Gasteiger partial charge on any atom is 0.293 e. The number of allylic oxidation sites excluding steroid dienone is 2. The highest BCUT2D eigenvalue weighted by molar-refractivity contribution is 7.67. The molecule has 1 aliphatic heterocycles. The SMILES string of the molecule is O=P1(Oc2ccccc2)C=C(c2ccccc2)C(c2ccccc2)=C1. The summed E-state index contributed by atoms with van der Waals surface area (Å²) < 4.78 is 19.2. The van der Waals surface area contributed by atoms with Gasteiger partial charge < -0.3 is 4.52 Å². The lowest BCUT2D eigenvalue weighted by Gasteiger charge is -2.10. The average molecular weight is 344 g/mol. The molecular formula is C22H17O2P. The van der Waals surface area contributed by atoms with Crippen LogP contribution < -0.4 is 4.52 Å². The van der Waals surface area contributed by atoms with E-state index in [4.69, 9.17) is 4.52 Å². The summed E-state index contributed by atoms with van der Waals surface area (Å²) in [6, 6.07) is 29.3. The third kappa shape index (κ3) is 3.35. The summed E-state index contributed by atoms with van der Waals surface area (Å²) in [7, 11) is -3.06. The third-order valence-electron chi connectivity index (χ3n) is 4.07. The van der Waals surface area contributed by atoms with E-state index < -0.39 is 7.37 Å². The van der Waals surface area contributed by atoms with Crippen molar-refractivity contribution in [2.75, 3.05) is 0 Å². The summed E-state index contributed by atoms with van der Waals surface area (Å²) in [6.45, 7) is 0. The van der Waals surface area contributed by atoms with Crippen molar-refractivity contribution in [1.82, 2.24) is 0 Å². The summed E-state index contributed by atoms with van der Waals surface area (Å²) in [5, 5.41) is 0. The lowest BCUT2D eigenvalue weighted by Crippen LogP contribution is -1.86. The fraction of sp³-hybridized carbons (Fsp3) is 0. The Bertz CT molecular complexity index is 915. The van der Waals surface area contributed by atoms with Crippen LogP contribution >= 0.6 is 7.37 Å². The molecule has 0 spiro atoms. The molecule has 3 heteroatoms. The predicted octanol–water partition coefficient (Wildman–Crippen LogP) is 6.44. The van der Waals surface area contributed by atoms with Gasteiger partial charge in [-0.2, -0.15) is 0 Å². The van der Waals surface area contributed by atoms with E-state index >= 15 is 0 Å².